The molecule has 0 radical (unpaired) electrons. The number of ketones is 1. The second kappa shape index (κ2) is 6.09. The Morgan fingerprint density at radius 2 is 1.80 bits per heavy atom. The molecule has 0 aliphatic heterocycles. The monoisotopic (exact) mass is 208 g/mol. The van der Waals surface area contributed by atoms with Crippen LogP contribution in [-0.4, -0.2) is 5.78 Å². The molecule has 1 heteroatoms. The summed E-state index contributed by atoms with van der Waals surface area (Å²) >= 11 is 0. The van der Waals surface area contributed by atoms with Crippen molar-refractivity contribution in [1.82, 2.24) is 0 Å². The molecule has 0 spiro atoms. The van der Waals surface area contributed by atoms with Gasteiger partial charge in [-0.3, -0.25) is 4.79 Å². The highest BCUT2D eigenvalue weighted by Crippen LogP contribution is 2.23. The average Bonchev–Trinajstić information content (AvgIpc) is 2.15. The van der Waals surface area contributed by atoms with Crippen molar-refractivity contribution in [2.75, 3.05) is 0 Å². The van der Waals surface area contributed by atoms with E-state index in [4.69, 9.17) is 0 Å². The van der Waals surface area contributed by atoms with Gasteiger partial charge in [0.05, 0.1) is 0 Å². The van der Waals surface area contributed by atoms with Crippen LogP contribution in [0.15, 0.2) is 11.6 Å². The Kier molecular flexibility index (Phi) is 5.07. The molecule has 1 nitrogen and oxygen atoms in total. The summed E-state index contributed by atoms with van der Waals surface area (Å²) in [4.78, 5) is 12.1. The number of hydrogen-bond donors (Lipinski definition) is 0. The second-order valence-electron chi connectivity index (χ2n) is 5.08. The smallest absolute Gasteiger partial charge is 0.161 e. The molecule has 86 valence electrons. The zero-order valence-electron chi connectivity index (χ0n) is 10.4. The Labute approximate surface area is 93.9 Å². The molecule has 1 rings (SSSR count). The Morgan fingerprint density at radius 1 is 1.13 bits per heavy atom. The van der Waals surface area contributed by atoms with Crippen molar-refractivity contribution in [3.05, 3.63) is 11.6 Å². The number of hydrogen-bond acceptors (Lipinski definition) is 1. The first kappa shape index (κ1) is 12.5. The second-order valence-corrected chi connectivity index (χ2v) is 5.08. The lowest BCUT2D eigenvalue weighted by Gasteiger charge is -2.17. The van der Waals surface area contributed by atoms with Crippen molar-refractivity contribution in [2.45, 2.75) is 59.3 Å². The van der Waals surface area contributed by atoms with E-state index < -0.39 is 0 Å². The molecule has 0 saturated carbocycles. The number of Topliss-reactive ketones (excluding diaryl/α,β-unsaturated/α-hetero) is 1. The zero-order valence-corrected chi connectivity index (χ0v) is 10.4. The van der Waals surface area contributed by atoms with E-state index in [1.165, 1.54) is 25.7 Å². The SMILES string of the molecule is CC(C)C(C)C(=O)C1=CCCCCCC1. The third-order valence-electron chi connectivity index (χ3n) is 3.52. The van der Waals surface area contributed by atoms with Crippen molar-refractivity contribution in [3.63, 3.8) is 0 Å². The van der Waals surface area contributed by atoms with Crippen LogP contribution < -0.4 is 0 Å². The van der Waals surface area contributed by atoms with Gasteiger partial charge in [0.1, 0.15) is 0 Å². The summed E-state index contributed by atoms with van der Waals surface area (Å²) in [6.45, 7) is 6.32. The molecule has 1 atom stereocenters. The van der Waals surface area contributed by atoms with Gasteiger partial charge in [-0.1, -0.05) is 39.7 Å². The molecular formula is C14H24O. The van der Waals surface area contributed by atoms with Crippen molar-refractivity contribution in [1.29, 1.82) is 0 Å². The van der Waals surface area contributed by atoms with Gasteiger partial charge in [-0.15, -0.1) is 0 Å². The highest BCUT2D eigenvalue weighted by Gasteiger charge is 2.20. The molecule has 0 aromatic heterocycles. The van der Waals surface area contributed by atoms with Crippen LogP contribution in [0.3, 0.4) is 0 Å². The minimum Gasteiger partial charge on any atom is -0.294 e. The lowest BCUT2D eigenvalue weighted by Crippen LogP contribution is -2.19. The first-order chi connectivity index (χ1) is 7.13. The maximum Gasteiger partial charge on any atom is 0.161 e. The van der Waals surface area contributed by atoms with Crippen LogP contribution >= 0.6 is 0 Å². The van der Waals surface area contributed by atoms with Crippen LogP contribution in [0.5, 0.6) is 0 Å². The van der Waals surface area contributed by atoms with Gasteiger partial charge in [-0.05, 0) is 37.2 Å². The molecule has 0 aromatic carbocycles. The molecule has 15 heavy (non-hydrogen) atoms. The first-order valence-corrected chi connectivity index (χ1v) is 6.36. The topological polar surface area (TPSA) is 17.1 Å². The van der Waals surface area contributed by atoms with Gasteiger partial charge in [0.25, 0.3) is 0 Å². The maximum absolute atomic E-state index is 12.1. The van der Waals surface area contributed by atoms with Crippen LogP contribution in [0, 0.1) is 11.8 Å². The maximum atomic E-state index is 12.1. The van der Waals surface area contributed by atoms with Crippen LogP contribution in [-0.2, 0) is 4.79 Å². The van der Waals surface area contributed by atoms with Gasteiger partial charge >= 0.3 is 0 Å². The Hall–Kier alpha value is -0.590. The van der Waals surface area contributed by atoms with Gasteiger partial charge in [-0.25, -0.2) is 0 Å². The number of carbonyl (C=O) groups is 1. The van der Waals surface area contributed by atoms with Crippen molar-refractivity contribution in [3.8, 4) is 0 Å². The number of carbonyl (C=O) groups excluding carboxylic acids is 1. The van der Waals surface area contributed by atoms with Gasteiger partial charge in [0, 0.05) is 5.92 Å². The first-order valence-electron chi connectivity index (χ1n) is 6.36. The molecule has 0 aromatic rings. The van der Waals surface area contributed by atoms with Crippen LogP contribution in [0.4, 0.5) is 0 Å². The van der Waals surface area contributed by atoms with E-state index in [1.807, 2.05) is 0 Å². The highest BCUT2D eigenvalue weighted by molar-refractivity contribution is 5.97. The van der Waals surface area contributed by atoms with Crippen molar-refractivity contribution >= 4 is 5.78 Å². The van der Waals surface area contributed by atoms with E-state index >= 15 is 0 Å². The van der Waals surface area contributed by atoms with Crippen LogP contribution in [0.25, 0.3) is 0 Å². The van der Waals surface area contributed by atoms with Gasteiger partial charge in [0.15, 0.2) is 5.78 Å². The van der Waals surface area contributed by atoms with E-state index in [-0.39, 0.29) is 5.92 Å². The van der Waals surface area contributed by atoms with Gasteiger partial charge < -0.3 is 0 Å². The Balaban J connectivity index is 2.63. The fourth-order valence-corrected chi connectivity index (χ4v) is 2.01. The predicted octanol–water partition coefficient (Wildman–Crippen LogP) is 4.13. The largest absolute Gasteiger partial charge is 0.294 e. The summed E-state index contributed by atoms with van der Waals surface area (Å²) in [5.41, 5.74) is 1.11. The van der Waals surface area contributed by atoms with E-state index in [0.717, 1.165) is 18.4 Å². The lowest BCUT2D eigenvalue weighted by molar-refractivity contribution is -0.120. The van der Waals surface area contributed by atoms with Crippen LogP contribution in [0.1, 0.15) is 59.3 Å². The fraction of sp³-hybridized carbons (Fsp3) is 0.786. The summed E-state index contributed by atoms with van der Waals surface area (Å²) in [5.74, 6) is 1.05. The minimum atomic E-state index is 0.190. The highest BCUT2D eigenvalue weighted by atomic mass is 16.1. The third kappa shape index (κ3) is 3.81. The molecule has 0 heterocycles. The average molecular weight is 208 g/mol. The predicted molar refractivity (Wildman–Crippen MR) is 64.8 cm³/mol. The fourth-order valence-electron chi connectivity index (χ4n) is 2.01. The molecule has 0 fully saturated rings. The van der Waals surface area contributed by atoms with E-state index in [2.05, 4.69) is 26.8 Å². The van der Waals surface area contributed by atoms with E-state index in [9.17, 15) is 4.79 Å². The third-order valence-corrected chi connectivity index (χ3v) is 3.52. The standard InChI is InChI=1S/C14H24O/c1-11(2)12(3)14(15)13-9-7-5-4-6-8-10-13/h9,11-12H,4-8,10H2,1-3H3. The summed E-state index contributed by atoms with van der Waals surface area (Å²) in [6, 6.07) is 0. The normalized spacial score (nSPS) is 20.4. The Morgan fingerprint density at radius 3 is 2.47 bits per heavy atom. The molecule has 1 unspecified atom stereocenters. The van der Waals surface area contributed by atoms with Crippen LogP contribution in [0.2, 0.25) is 0 Å². The van der Waals surface area contributed by atoms with Crippen molar-refractivity contribution < 1.29 is 4.79 Å². The van der Waals surface area contributed by atoms with E-state index in [1.54, 1.807) is 0 Å². The Bertz CT molecular complexity index is 238. The minimum absolute atomic E-state index is 0.190. The van der Waals surface area contributed by atoms with E-state index in [0.29, 0.717) is 11.7 Å². The van der Waals surface area contributed by atoms with Crippen molar-refractivity contribution in [2.24, 2.45) is 11.8 Å². The summed E-state index contributed by atoms with van der Waals surface area (Å²) in [7, 11) is 0. The molecule has 0 saturated heterocycles. The summed E-state index contributed by atoms with van der Waals surface area (Å²) in [5, 5.41) is 0. The summed E-state index contributed by atoms with van der Waals surface area (Å²) < 4.78 is 0. The zero-order chi connectivity index (χ0) is 11.3. The molecule has 1 aliphatic rings. The van der Waals surface area contributed by atoms with Gasteiger partial charge in [0.2, 0.25) is 0 Å². The number of allylic oxidation sites excluding steroid dienone is 2. The van der Waals surface area contributed by atoms with Gasteiger partial charge in [-0.2, -0.15) is 0 Å². The molecule has 0 amide bonds. The quantitative estimate of drug-likeness (QED) is 0.681. The molecule has 0 N–H and O–H groups in total. The number of rotatable bonds is 3. The lowest BCUT2D eigenvalue weighted by atomic mass is 9.86. The molecular weight excluding hydrogens is 184 g/mol. The molecule has 1 aliphatic carbocycles. The molecule has 0 bridgehead atoms. The summed E-state index contributed by atoms with van der Waals surface area (Å²) in [6.07, 6.45) is 9.38.